The van der Waals surface area contributed by atoms with Crippen molar-refractivity contribution in [2.24, 2.45) is 5.73 Å². The van der Waals surface area contributed by atoms with Crippen molar-refractivity contribution in [2.45, 2.75) is 25.4 Å². The highest BCUT2D eigenvalue weighted by molar-refractivity contribution is 5.85. The molecule has 2 aromatic rings. The molecule has 1 fully saturated rings. The lowest BCUT2D eigenvalue weighted by Gasteiger charge is -2.29. The van der Waals surface area contributed by atoms with Crippen molar-refractivity contribution in [1.29, 1.82) is 0 Å². The molecule has 2 aromatic heterocycles. The fourth-order valence-corrected chi connectivity index (χ4v) is 2.53. The maximum absolute atomic E-state index is 12.1. The minimum atomic E-state index is -0.0655. The summed E-state index contributed by atoms with van der Waals surface area (Å²) in [5.74, 6) is 0. The van der Waals surface area contributed by atoms with Gasteiger partial charge >= 0.3 is 5.69 Å². The maximum Gasteiger partial charge on any atom is 0.350 e. The van der Waals surface area contributed by atoms with Crippen LogP contribution in [0, 0.1) is 0 Å². The van der Waals surface area contributed by atoms with E-state index in [1.54, 1.807) is 15.3 Å². The average Bonchev–Trinajstić information content (AvgIpc) is 2.76. The molecule has 0 atom stereocenters. The van der Waals surface area contributed by atoms with Gasteiger partial charge in [0.1, 0.15) is 0 Å². The van der Waals surface area contributed by atoms with Crippen LogP contribution in [0.2, 0.25) is 0 Å². The van der Waals surface area contributed by atoms with Crippen LogP contribution in [0.5, 0.6) is 0 Å². The molecule has 20 heavy (non-hydrogen) atoms. The summed E-state index contributed by atoms with van der Waals surface area (Å²) in [6.45, 7) is 3.53. The van der Waals surface area contributed by atoms with Gasteiger partial charge in [-0.2, -0.15) is 0 Å². The first-order chi connectivity index (χ1) is 9.24. The zero-order chi connectivity index (χ0) is 13.2. The number of fused-ring (bicyclic) bond motifs is 1. The molecule has 110 valence electrons. The number of likely N-dealkylation sites (tertiary alicyclic amines) is 1. The molecule has 1 aliphatic rings. The Kier molecular flexibility index (Phi) is 4.80. The van der Waals surface area contributed by atoms with Crippen LogP contribution >= 0.6 is 12.4 Å². The van der Waals surface area contributed by atoms with Crippen molar-refractivity contribution in [2.75, 3.05) is 19.6 Å². The van der Waals surface area contributed by atoms with E-state index in [1.807, 2.05) is 18.2 Å². The summed E-state index contributed by atoms with van der Waals surface area (Å²) in [6, 6.07) is 5.91. The quantitative estimate of drug-likeness (QED) is 0.887. The van der Waals surface area contributed by atoms with Gasteiger partial charge in [-0.15, -0.1) is 17.5 Å². The molecule has 3 rings (SSSR count). The minimum absolute atomic E-state index is 0. The van der Waals surface area contributed by atoms with E-state index in [-0.39, 0.29) is 18.1 Å². The molecular weight excluding hydrogens is 278 g/mol. The predicted molar refractivity (Wildman–Crippen MR) is 80.3 cm³/mol. The topological polar surface area (TPSA) is 68.6 Å². The van der Waals surface area contributed by atoms with Gasteiger partial charge in [0.2, 0.25) is 0 Å². The van der Waals surface area contributed by atoms with E-state index in [0.717, 1.165) is 32.5 Å². The number of aromatic nitrogens is 3. The van der Waals surface area contributed by atoms with Gasteiger partial charge in [0.05, 0.1) is 6.54 Å². The van der Waals surface area contributed by atoms with Crippen LogP contribution in [0.25, 0.3) is 5.65 Å². The van der Waals surface area contributed by atoms with Crippen LogP contribution < -0.4 is 11.4 Å². The van der Waals surface area contributed by atoms with Crippen molar-refractivity contribution in [3.8, 4) is 0 Å². The smallest absolute Gasteiger partial charge is 0.328 e. The first kappa shape index (κ1) is 15.0. The second-order valence-corrected chi connectivity index (χ2v) is 5.11. The summed E-state index contributed by atoms with van der Waals surface area (Å²) >= 11 is 0. The highest BCUT2D eigenvalue weighted by atomic mass is 35.5. The Morgan fingerprint density at radius 1 is 1.25 bits per heavy atom. The highest BCUT2D eigenvalue weighted by Crippen LogP contribution is 2.07. The number of nitrogens with two attached hydrogens (primary N) is 1. The fourth-order valence-electron chi connectivity index (χ4n) is 2.53. The number of nitrogens with zero attached hydrogens (tertiary/aromatic N) is 4. The SMILES string of the molecule is Cl.NC1CCN(CCn2nc3ccccn3c2=O)CC1. The van der Waals surface area contributed by atoms with Gasteiger partial charge < -0.3 is 10.6 Å². The number of piperidine rings is 1. The van der Waals surface area contributed by atoms with E-state index in [4.69, 9.17) is 5.73 Å². The Bertz CT molecular complexity index is 614. The van der Waals surface area contributed by atoms with Gasteiger partial charge in [-0.3, -0.25) is 4.40 Å². The number of pyridine rings is 1. The summed E-state index contributed by atoms with van der Waals surface area (Å²) in [6.07, 6.45) is 3.83. The molecular formula is C13H20ClN5O. The van der Waals surface area contributed by atoms with Crippen molar-refractivity contribution in [1.82, 2.24) is 19.1 Å². The van der Waals surface area contributed by atoms with Crippen LogP contribution in [-0.2, 0) is 6.54 Å². The van der Waals surface area contributed by atoms with Crippen molar-refractivity contribution < 1.29 is 0 Å². The van der Waals surface area contributed by atoms with E-state index >= 15 is 0 Å². The second-order valence-electron chi connectivity index (χ2n) is 5.11. The first-order valence-corrected chi connectivity index (χ1v) is 6.76. The number of hydrogen-bond donors (Lipinski definition) is 1. The Hall–Kier alpha value is -1.37. The lowest BCUT2D eigenvalue weighted by atomic mass is 10.1. The van der Waals surface area contributed by atoms with Crippen molar-refractivity contribution in [3.63, 3.8) is 0 Å². The van der Waals surface area contributed by atoms with E-state index < -0.39 is 0 Å². The molecule has 0 bridgehead atoms. The lowest BCUT2D eigenvalue weighted by Crippen LogP contribution is -2.41. The molecule has 0 unspecified atom stereocenters. The lowest BCUT2D eigenvalue weighted by molar-refractivity contribution is 0.203. The summed E-state index contributed by atoms with van der Waals surface area (Å²) < 4.78 is 3.12. The molecule has 0 radical (unpaired) electrons. The van der Waals surface area contributed by atoms with E-state index in [0.29, 0.717) is 18.2 Å². The Morgan fingerprint density at radius 3 is 2.70 bits per heavy atom. The zero-order valence-corrected chi connectivity index (χ0v) is 12.1. The van der Waals surface area contributed by atoms with Gasteiger partial charge in [0.25, 0.3) is 0 Å². The standard InChI is InChI=1S/C13H19N5O.ClH/c14-11-4-7-16(8-5-11)9-10-18-13(19)17-6-2-1-3-12(17)15-18;/h1-3,6,11H,4-5,7-10,14H2;1H. The van der Waals surface area contributed by atoms with Gasteiger partial charge in [0, 0.05) is 18.8 Å². The molecule has 1 aliphatic heterocycles. The van der Waals surface area contributed by atoms with Crippen LogP contribution in [-0.4, -0.2) is 44.8 Å². The van der Waals surface area contributed by atoms with Crippen LogP contribution in [0.1, 0.15) is 12.8 Å². The summed E-state index contributed by atoms with van der Waals surface area (Å²) in [4.78, 5) is 14.4. The zero-order valence-electron chi connectivity index (χ0n) is 11.3. The normalized spacial score (nSPS) is 17.2. The molecule has 2 N–H and O–H groups in total. The minimum Gasteiger partial charge on any atom is -0.328 e. The summed E-state index contributed by atoms with van der Waals surface area (Å²) in [5, 5.41) is 4.33. The Morgan fingerprint density at radius 2 is 2.00 bits per heavy atom. The monoisotopic (exact) mass is 297 g/mol. The molecule has 0 amide bonds. The molecule has 1 saturated heterocycles. The molecule has 0 saturated carbocycles. The van der Waals surface area contributed by atoms with Crippen molar-refractivity contribution >= 4 is 18.1 Å². The number of hydrogen-bond acceptors (Lipinski definition) is 4. The third-order valence-electron chi connectivity index (χ3n) is 3.75. The van der Waals surface area contributed by atoms with Crippen LogP contribution in [0.15, 0.2) is 29.2 Å². The van der Waals surface area contributed by atoms with Gasteiger partial charge in [-0.1, -0.05) is 6.07 Å². The van der Waals surface area contributed by atoms with Crippen molar-refractivity contribution in [3.05, 3.63) is 34.9 Å². The average molecular weight is 298 g/mol. The highest BCUT2D eigenvalue weighted by Gasteiger charge is 2.16. The first-order valence-electron chi connectivity index (χ1n) is 6.76. The van der Waals surface area contributed by atoms with Gasteiger partial charge in [-0.25, -0.2) is 9.48 Å². The third kappa shape index (κ3) is 3.03. The van der Waals surface area contributed by atoms with Crippen LogP contribution in [0.3, 0.4) is 0 Å². The molecule has 0 aromatic carbocycles. The van der Waals surface area contributed by atoms with Crippen LogP contribution in [0.4, 0.5) is 0 Å². The molecule has 0 spiro atoms. The largest absolute Gasteiger partial charge is 0.350 e. The third-order valence-corrected chi connectivity index (χ3v) is 3.75. The molecule has 0 aliphatic carbocycles. The van der Waals surface area contributed by atoms with E-state index in [9.17, 15) is 4.79 Å². The maximum atomic E-state index is 12.1. The molecule has 7 heteroatoms. The number of halogens is 1. The molecule has 3 heterocycles. The second kappa shape index (κ2) is 6.39. The van der Waals surface area contributed by atoms with Gasteiger partial charge in [0.15, 0.2) is 5.65 Å². The Labute approximate surface area is 123 Å². The van der Waals surface area contributed by atoms with E-state index in [1.165, 1.54) is 0 Å². The number of rotatable bonds is 3. The Balaban J connectivity index is 0.00000147. The summed E-state index contributed by atoms with van der Waals surface area (Å²) in [7, 11) is 0. The fraction of sp³-hybridized carbons (Fsp3) is 0.538. The van der Waals surface area contributed by atoms with Gasteiger partial charge in [-0.05, 0) is 38.1 Å². The summed E-state index contributed by atoms with van der Waals surface area (Å²) in [5.41, 5.74) is 6.52. The predicted octanol–water partition coefficient (Wildman–Crippen LogP) is 0.341. The molecule has 6 nitrogen and oxygen atoms in total. The van der Waals surface area contributed by atoms with E-state index in [2.05, 4.69) is 10.00 Å².